The van der Waals surface area contributed by atoms with Crippen LogP contribution in [0, 0.1) is 11.3 Å². The van der Waals surface area contributed by atoms with Crippen molar-refractivity contribution < 1.29 is 19.0 Å². The number of allylic oxidation sites excluding steroid dienone is 2. The maximum absolute atomic E-state index is 12.6. The van der Waals surface area contributed by atoms with Gasteiger partial charge in [-0.15, -0.1) is 0 Å². The summed E-state index contributed by atoms with van der Waals surface area (Å²) in [6, 6.07) is 13.2. The van der Waals surface area contributed by atoms with Gasteiger partial charge in [0.05, 0.1) is 25.2 Å². The third kappa shape index (κ3) is 3.44. The van der Waals surface area contributed by atoms with Crippen molar-refractivity contribution in [3.05, 3.63) is 71.3 Å². The van der Waals surface area contributed by atoms with Crippen LogP contribution in [0.15, 0.2) is 65.7 Å². The first-order chi connectivity index (χ1) is 13.1. The minimum Gasteiger partial charge on any atom is -0.497 e. The van der Waals surface area contributed by atoms with Crippen molar-refractivity contribution in [2.75, 3.05) is 13.7 Å². The average molecular weight is 364 g/mol. The van der Waals surface area contributed by atoms with Gasteiger partial charge in [0.2, 0.25) is 5.88 Å². The topological polar surface area (TPSA) is 73.5 Å². The Morgan fingerprint density at radius 3 is 2.48 bits per heavy atom. The third-order valence-corrected chi connectivity index (χ3v) is 4.34. The van der Waals surface area contributed by atoms with Crippen molar-refractivity contribution in [2.24, 2.45) is 0 Å². The van der Waals surface area contributed by atoms with Crippen molar-refractivity contribution >= 4 is 11.9 Å². The Bertz CT molecular complexity index is 932. The molecule has 0 aliphatic carbocycles. The van der Waals surface area contributed by atoms with Gasteiger partial charge in [-0.05, 0) is 43.7 Å². The number of methoxy groups -OCH3 is 1. The van der Waals surface area contributed by atoms with Crippen molar-refractivity contribution in [1.29, 1.82) is 5.26 Å². The lowest BCUT2D eigenvalue weighted by molar-refractivity contribution is -0.139. The average Bonchev–Trinajstić information content (AvgIpc) is 3.22. The molecule has 1 aliphatic rings. The molecule has 1 aliphatic heterocycles. The number of nitrogens with zero attached hydrogens (tertiary/aromatic N) is 2. The van der Waals surface area contributed by atoms with E-state index in [4.69, 9.17) is 14.2 Å². The predicted molar refractivity (Wildman–Crippen MR) is 99.4 cm³/mol. The summed E-state index contributed by atoms with van der Waals surface area (Å²) in [7, 11) is 1.59. The fourth-order valence-corrected chi connectivity index (χ4v) is 3.10. The summed E-state index contributed by atoms with van der Waals surface area (Å²) in [6.07, 6.45) is 3.58. The fourth-order valence-electron chi connectivity index (χ4n) is 3.10. The first kappa shape index (κ1) is 18.3. The molecule has 0 saturated carbocycles. The van der Waals surface area contributed by atoms with Crippen molar-refractivity contribution in [3.63, 3.8) is 0 Å². The molecule has 0 saturated heterocycles. The van der Waals surface area contributed by atoms with Gasteiger partial charge in [-0.1, -0.05) is 12.1 Å². The molecule has 2 aromatic rings. The summed E-state index contributed by atoms with van der Waals surface area (Å²) < 4.78 is 18.0. The molecule has 27 heavy (non-hydrogen) atoms. The maximum atomic E-state index is 12.6. The molecule has 138 valence electrons. The van der Waals surface area contributed by atoms with Gasteiger partial charge in [0, 0.05) is 12.4 Å². The molecule has 0 bridgehead atoms. The van der Waals surface area contributed by atoms with Gasteiger partial charge < -0.3 is 14.2 Å². The molecular weight excluding hydrogens is 344 g/mol. The molecule has 6 heteroatoms. The summed E-state index contributed by atoms with van der Waals surface area (Å²) in [6.45, 7) is 3.69. The second-order valence-corrected chi connectivity index (χ2v) is 5.92. The van der Waals surface area contributed by atoms with Crippen LogP contribution in [0.2, 0.25) is 0 Å². The van der Waals surface area contributed by atoms with E-state index in [0.717, 1.165) is 5.56 Å². The highest BCUT2D eigenvalue weighted by Crippen LogP contribution is 2.42. The molecule has 1 aromatic carbocycles. The van der Waals surface area contributed by atoms with Crippen LogP contribution in [0.1, 0.15) is 25.3 Å². The lowest BCUT2D eigenvalue weighted by Gasteiger charge is -2.28. The zero-order valence-corrected chi connectivity index (χ0v) is 15.4. The summed E-state index contributed by atoms with van der Waals surface area (Å²) in [5.74, 6) is 0.407. The number of aromatic nitrogens is 1. The molecule has 0 unspecified atom stereocenters. The Balaban J connectivity index is 2.19. The van der Waals surface area contributed by atoms with E-state index in [0.29, 0.717) is 28.5 Å². The molecule has 0 N–H and O–H groups in total. The van der Waals surface area contributed by atoms with E-state index < -0.39 is 11.9 Å². The molecule has 1 atom stereocenters. The van der Waals surface area contributed by atoms with Crippen LogP contribution in [0.5, 0.6) is 5.75 Å². The van der Waals surface area contributed by atoms with Crippen LogP contribution in [0.4, 0.5) is 0 Å². The number of carbonyl (C=O) groups excluding carboxylic acids is 1. The van der Waals surface area contributed by atoms with Crippen molar-refractivity contribution in [1.82, 2.24) is 4.57 Å². The van der Waals surface area contributed by atoms with E-state index in [2.05, 4.69) is 6.07 Å². The van der Waals surface area contributed by atoms with Crippen LogP contribution >= 0.6 is 0 Å². The van der Waals surface area contributed by atoms with Gasteiger partial charge in [0.1, 0.15) is 23.2 Å². The van der Waals surface area contributed by atoms with E-state index in [1.807, 2.05) is 24.3 Å². The molecule has 6 nitrogen and oxygen atoms in total. The predicted octanol–water partition coefficient (Wildman–Crippen LogP) is 3.84. The molecule has 1 aromatic heterocycles. The van der Waals surface area contributed by atoms with E-state index in [-0.39, 0.29) is 6.61 Å². The number of carbonyl (C=O) groups is 1. The monoisotopic (exact) mass is 364 g/mol. The lowest BCUT2D eigenvalue weighted by atomic mass is 9.83. The highest BCUT2D eigenvalue weighted by Gasteiger charge is 2.37. The lowest BCUT2D eigenvalue weighted by Crippen LogP contribution is -2.24. The number of ether oxygens (including phenoxy) is 3. The van der Waals surface area contributed by atoms with Gasteiger partial charge in [0.15, 0.2) is 0 Å². The second-order valence-electron chi connectivity index (χ2n) is 5.92. The Morgan fingerprint density at radius 2 is 1.93 bits per heavy atom. The summed E-state index contributed by atoms with van der Waals surface area (Å²) >= 11 is 0. The number of nitriles is 1. The molecule has 0 radical (unpaired) electrons. The van der Waals surface area contributed by atoms with E-state index in [1.54, 1.807) is 50.1 Å². The number of esters is 1. The first-order valence-electron chi connectivity index (χ1n) is 8.58. The summed E-state index contributed by atoms with van der Waals surface area (Å²) in [5.41, 5.74) is 1.45. The Morgan fingerprint density at radius 1 is 1.26 bits per heavy atom. The van der Waals surface area contributed by atoms with E-state index in [9.17, 15) is 10.1 Å². The van der Waals surface area contributed by atoms with Crippen molar-refractivity contribution in [2.45, 2.75) is 19.8 Å². The largest absolute Gasteiger partial charge is 0.497 e. The Kier molecular flexibility index (Phi) is 5.32. The Labute approximate surface area is 157 Å². The minimum atomic E-state index is -0.592. The van der Waals surface area contributed by atoms with Gasteiger partial charge in [0.25, 0.3) is 0 Å². The highest BCUT2D eigenvalue weighted by atomic mass is 16.5. The smallest absolute Gasteiger partial charge is 0.338 e. The Hall–Kier alpha value is -3.46. The van der Waals surface area contributed by atoms with Crippen molar-refractivity contribution in [3.8, 4) is 11.8 Å². The maximum Gasteiger partial charge on any atom is 0.338 e. The first-order valence-corrected chi connectivity index (χ1v) is 8.58. The third-order valence-electron chi connectivity index (χ3n) is 4.34. The highest BCUT2D eigenvalue weighted by molar-refractivity contribution is 5.93. The number of benzene rings is 1. The molecule has 3 rings (SSSR count). The zero-order valence-electron chi connectivity index (χ0n) is 15.4. The normalized spacial score (nSPS) is 16.6. The number of hydrogen-bond donors (Lipinski definition) is 0. The van der Waals surface area contributed by atoms with Crippen LogP contribution in [0.25, 0.3) is 5.88 Å². The summed E-state index contributed by atoms with van der Waals surface area (Å²) in [5, 5.41) is 9.91. The van der Waals surface area contributed by atoms with Crippen LogP contribution < -0.4 is 4.74 Å². The quantitative estimate of drug-likeness (QED) is 0.754. The van der Waals surface area contributed by atoms with E-state index in [1.165, 1.54) is 0 Å². The number of rotatable bonds is 5. The second kappa shape index (κ2) is 7.83. The van der Waals surface area contributed by atoms with Gasteiger partial charge in [-0.2, -0.15) is 5.26 Å². The van der Waals surface area contributed by atoms with Gasteiger partial charge >= 0.3 is 5.97 Å². The fraction of sp³-hybridized carbons (Fsp3) is 0.238. The molecule has 0 amide bonds. The SMILES string of the molecule is CCOC(=O)C1=C(C)OC(n2cccc2)=C(C#N)[C@H]1c1ccc(OC)cc1. The van der Waals surface area contributed by atoms with E-state index >= 15 is 0 Å². The van der Waals surface area contributed by atoms with Crippen LogP contribution in [0.3, 0.4) is 0 Å². The molecule has 0 fully saturated rings. The molecular formula is C21H20N2O4. The zero-order chi connectivity index (χ0) is 19.4. The van der Waals surface area contributed by atoms with Crippen LogP contribution in [-0.4, -0.2) is 24.3 Å². The number of hydrogen-bond acceptors (Lipinski definition) is 5. The molecule has 2 heterocycles. The van der Waals surface area contributed by atoms with Crippen LogP contribution in [-0.2, 0) is 14.3 Å². The van der Waals surface area contributed by atoms with Gasteiger partial charge in [-0.3, -0.25) is 4.57 Å². The minimum absolute atomic E-state index is 0.237. The molecule has 0 spiro atoms. The standard InChI is InChI=1S/C21H20N2O4/c1-4-26-21(24)18-14(2)27-20(23-11-5-6-12-23)17(13-22)19(18)15-7-9-16(25-3)10-8-15/h5-12,19H,4H2,1-3H3/t19-/m1/s1. The summed E-state index contributed by atoms with van der Waals surface area (Å²) in [4.78, 5) is 12.6. The van der Waals surface area contributed by atoms with Gasteiger partial charge in [-0.25, -0.2) is 4.79 Å².